The summed E-state index contributed by atoms with van der Waals surface area (Å²) < 4.78 is 0. The fourth-order valence-corrected chi connectivity index (χ4v) is 2.53. The molecule has 1 fully saturated rings. The minimum atomic E-state index is 0.880. The Balaban J connectivity index is 2.13. The van der Waals surface area contributed by atoms with E-state index in [0.29, 0.717) is 0 Å². The van der Waals surface area contributed by atoms with Gasteiger partial charge in [-0.25, -0.2) is 0 Å². The van der Waals surface area contributed by atoms with Crippen LogP contribution >= 0.6 is 0 Å². The summed E-state index contributed by atoms with van der Waals surface area (Å²) in [5, 5.41) is 3.35. The van der Waals surface area contributed by atoms with E-state index in [0.717, 1.165) is 24.9 Å². The van der Waals surface area contributed by atoms with Crippen LogP contribution in [0.5, 0.6) is 0 Å². The number of hydrogen-bond donors (Lipinski definition) is 1. The van der Waals surface area contributed by atoms with Crippen LogP contribution in [0.4, 0.5) is 0 Å². The van der Waals surface area contributed by atoms with Crippen molar-refractivity contribution < 1.29 is 0 Å². The molecule has 1 aliphatic rings. The van der Waals surface area contributed by atoms with Crippen LogP contribution in [0.1, 0.15) is 52.4 Å². The molecule has 1 rings (SSSR count). The molecule has 0 amide bonds. The molecule has 2 atom stereocenters. The molecule has 1 heteroatoms. The predicted octanol–water partition coefficient (Wildman–Crippen LogP) is 3.76. The van der Waals surface area contributed by atoms with E-state index in [1.807, 2.05) is 0 Å². The predicted molar refractivity (Wildman–Crippen MR) is 68.0 cm³/mol. The summed E-state index contributed by atoms with van der Waals surface area (Å²) in [6, 6.07) is 0. The highest BCUT2D eigenvalue weighted by Gasteiger charge is 2.18. The van der Waals surface area contributed by atoms with Crippen molar-refractivity contribution in [3.63, 3.8) is 0 Å². The van der Waals surface area contributed by atoms with Crippen LogP contribution in [0.15, 0.2) is 12.2 Å². The van der Waals surface area contributed by atoms with Gasteiger partial charge in [-0.2, -0.15) is 0 Å². The van der Waals surface area contributed by atoms with Crippen molar-refractivity contribution in [2.24, 2.45) is 11.8 Å². The van der Waals surface area contributed by atoms with Gasteiger partial charge in [-0.05, 0) is 44.2 Å². The van der Waals surface area contributed by atoms with Crippen LogP contribution < -0.4 is 5.32 Å². The fraction of sp³-hybridized carbons (Fsp3) is 0.857. The van der Waals surface area contributed by atoms with Crippen LogP contribution in [0, 0.1) is 11.8 Å². The van der Waals surface area contributed by atoms with Gasteiger partial charge < -0.3 is 5.32 Å². The lowest BCUT2D eigenvalue weighted by Crippen LogP contribution is -2.14. The largest absolute Gasteiger partial charge is 0.317 e. The van der Waals surface area contributed by atoms with Gasteiger partial charge in [-0.3, -0.25) is 0 Å². The van der Waals surface area contributed by atoms with Crippen molar-refractivity contribution in [2.45, 2.75) is 52.4 Å². The Labute approximate surface area is 95.3 Å². The molecule has 1 N–H and O–H groups in total. The Morgan fingerprint density at radius 3 is 2.87 bits per heavy atom. The molecule has 0 aromatic carbocycles. The third-order valence-electron chi connectivity index (χ3n) is 3.55. The highest BCUT2D eigenvalue weighted by Crippen LogP contribution is 2.31. The van der Waals surface area contributed by atoms with E-state index in [1.54, 1.807) is 0 Å². The van der Waals surface area contributed by atoms with Crippen molar-refractivity contribution in [1.82, 2.24) is 5.32 Å². The SMILES string of the molecule is CCNCCC=CC1CCCC(CC)C1. The first kappa shape index (κ1) is 12.8. The lowest BCUT2D eigenvalue weighted by molar-refractivity contribution is 0.297. The van der Waals surface area contributed by atoms with Crippen molar-refractivity contribution in [3.05, 3.63) is 12.2 Å². The maximum Gasteiger partial charge on any atom is -0.00144 e. The summed E-state index contributed by atoms with van der Waals surface area (Å²) in [6.07, 6.45) is 13.2. The summed E-state index contributed by atoms with van der Waals surface area (Å²) in [4.78, 5) is 0. The molecular weight excluding hydrogens is 182 g/mol. The maximum atomic E-state index is 3.35. The van der Waals surface area contributed by atoms with Gasteiger partial charge >= 0.3 is 0 Å². The van der Waals surface area contributed by atoms with Gasteiger partial charge in [0, 0.05) is 0 Å². The highest BCUT2D eigenvalue weighted by molar-refractivity contribution is 4.91. The van der Waals surface area contributed by atoms with Crippen LogP contribution in [0.2, 0.25) is 0 Å². The zero-order valence-electron chi connectivity index (χ0n) is 10.5. The third-order valence-corrected chi connectivity index (χ3v) is 3.55. The Hall–Kier alpha value is -0.300. The Morgan fingerprint density at radius 1 is 1.27 bits per heavy atom. The number of nitrogens with one attached hydrogen (secondary N) is 1. The quantitative estimate of drug-likeness (QED) is 0.519. The minimum Gasteiger partial charge on any atom is -0.317 e. The van der Waals surface area contributed by atoms with Gasteiger partial charge in [0.2, 0.25) is 0 Å². The molecule has 0 aliphatic heterocycles. The van der Waals surface area contributed by atoms with E-state index in [1.165, 1.54) is 38.5 Å². The molecule has 1 nitrogen and oxygen atoms in total. The molecule has 0 radical (unpaired) electrons. The zero-order valence-corrected chi connectivity index (χ0v) is 10.5. The topological polar surface area (TPSA) is 12.0 Å². The molecule has 0 bridgehead atoms. The van der Waals surface area contributed by atoms with Crippen LogP contribution in [0.3, 0.4) is 0 Å². The standard InChI is InChI=1S/C14H27N/c1-3-13-9-7-10-14(12-13)8-5-6-11-15-4-2/h5,8,13-15H,3-4,6-7,9-12H2,1-2H3. The minimum absolute atomic E-state index is 0.880. The molecule has 0 heterocycles. The Kier molecular flexibility index (Phi) is 6.74. The average molecular weight is 209 g/mol. The van der Waals surface area contributed by atoms with E-state index in [2.05, 4.69) is 31.3 Å². The van der Waals surface area contributed by atoms with E-state index in [9.17, 15) is 0 Å². The first-order valence-corrected chi connectivity index (χ1v) is 6.74. The normalized spacial score (nSPS) is 27.3. The van der Waals surface area contributed by atoms with Gasteiger partial charge in [0.15, 0.2) is 0 Å². The molecular formula is C14H27N. The van der Waals surface area contributed by atoms with E-state index in [-0.39, 0.29) is 0 Å². The van der Waals surface area contributed by atoms with E-state index < -0.39 is 0 Å². The number of rotatable bonds is 6. The Morgan fingerprint density at radius 2 is 2.13 bits per heavy atom. The fourth-order valence-electron chi connectivity index (χ4n) is 2.53. The first-order valence-electron chi connectivity index (χ1n) is 6.74. The smallest absolute Gasteiger partial charge is 0.00144 e. The molecule has 1 saturated carbocycles. The maximum absolute atomic E-state index is 3.35. The summed E-state index contributed by atoms with van der Waals surface area (Å²) in [5.41, 5.74) is 0. The van der Waals surface area contributed by atoms with Gasteiger partial charge in [-0.15, -0.1) is 0 Å². The molecule has 0 aromatic rings. The van der Waals surface area contributed by atoms with Crippen LogP contribution in [-0.2, 0) is 0 Å². The Bertz CT molecular complexity index is 174. The van der Waals surface area contributed by atoms with Gasteiger partial charge in [0.25, 0.3) is 0 Å². The summed E-state index contributed by atoms with van der Waals surface area (Å²) in [6.45, 7) is 6.73. The second-order valence-corrected chi connectivity index (χ2v) is 4.77. The van der Waals surface area contributed by atoms with Crippen molar-refractivity contribution in [1.29, 1.82) is 0 Å². The second-order valence-electron chi connectivity index (χ2n) is 4.77. The zero-order chi connectivity index (χ0) is 10.9. The van der Waals surface area contributed by atoms with Crippen molar-refractivity contribution in [3.8, 4) is 0 Å². The number of allylic oxidation sites excluding steroid dienone is 1. The van der Waals surface area contributed by atoms with Crippen molar-refractivity contribution in [2.75, 3.05) is 13.1 Å². The molecule has 1 aliphatic carbocycles. The van der Waals surface area contributed by atoms with Gasteiger partial charge in [-0.1, -0.05) is 45.3 Å². The monoisotopic (exact) mass is 209 g/mol. The van der Waals surface area contributed by atoms with Gasteiger partial charge in [0.05, 0.1) is 0 Å². The molecule has 88 valence electrons. The van der Waals surface area contributed by atoms with E-state index >= 15 is 0 Å². The first-order chi connectivity index (χ1) is 7.36. The molecule has 2 unspecified atom stereocenters. The van der Waals surface area contributed by atoms with Crippen molar-refractivity contribution >= 4 is 0 Å². The summed E-state index contributed by atoms with van der Waals surface area (Å²) >= 11 is 0. The molecule has 0 saturated heterocycles. The number of hydrogen-bond acceptors (Lipinski definition) is 1. The van der Waals surface area contributed by atoms with Crippen LogP contribution in [0.25, 0.3) is 0 Å². The van der Waals surface area contributed by atoms with Crippen LogP contribution in [-0.4, -0.2) is 13.1 Å². The molecule has 0 aromatic heterocycles. The van der Waals surface area contributed by atoms with Gasteiger partial charge in [0.1, 0.15) is 0 Å². The molecule has 0 spiro atoms. The highest BCUT2D eigenvalue weighted by atomic mass is 14.8. The lowest BCUT2D eigenvalue weighted by Gasteiger charge is -2.26. The summed E-state index contributed by atoms with van der Waals surface area (Å²) in [5.74, 6) is 1.88. The summed E-state index contributed by atoms with van der Waals surface area (Å²) in [7, 11) is 0. The van der Waals surface area contributed by atoms with E-state index in [4.69, 9.17) is 0 Å². The molecule has 15 heavy (non-hydrogen) atoms. The third kappa shape index (κ3) is 5.36. The lowest BCUT2D eigenvalue weighted by atomic mass is 9.80. The average Bonchev–Trinajstić information content (AvgIpc) is 2.29. The second kappa shape index (κ2) is 7.92.